The number of aryl methyl sites for hydroxylation is 3. The molecule has 0 nitrogen and oxygen atoms in total. The van der Waals surface area contributed by atoms with E-state index in [0.717, 1.165) is 17.8 Å². The summed E-state index contributed by atoms with van der Waals surface area (Å²) in [4.78, 5) is 0. The van der Waals surface area contributed by atoms with Crippen molar-refractivity contribution in [3.63, 3.8) is 0 Å². The summed E-state index contributed by atoms with van der Waals surface area (Å²) in [6.45, 7) is 14.1. The molecule has 156 valence electrons. The van der Waals surface area contributed by atoms with Crippen LogP contribution in [0.1, 0.15) is 116 Å². The monoisotopic (exact) mass is 372 g/mol. The summed E-state index contributed by atoms with van der Waals surface area (Å²) in [6, 6.07) is 7.56. The lowest BCUT2D eigenvalue weighted by atomic mass is 9.92. The van der Waals surface area contributed by atoms with Crippen molar-refractivity contribution in [2.75, 3.05) is 0 Å². The molecular weight excluding hydrogens is 324 g/mol. The van der Waals surface area contributed by atoms with Gasteiger partial charge in [-0.05, 0) is 73.0 Å². The molecule has 0 aliphatic heterocycles. The third kappa shape index (κ3) is 11.0. The Morgan fingerprint density at radius 3 is 1.00 bits per heavy atom. The van der Waals surface area contributed by atoms with Crippen LogP contribution in [-0.4, -0.2) is 0 Å². The molecule has 3 atom stereocenters. The largest absolute Gasteiger partial charge is 0.0651 e. The highest BCUT2D eigenvalue weighted by atomic mass is 14.1. The Hall–Kier alpha value is -0.780. The first-order valence-corrected chi connectivity index (χ1v) is 12.1. The van der Waals surface area contributed by atoms with E-state index < -0.39 is 0 Å². The summed E-state index contributed by atoms with van der Waals surface area (Å²) >= 11 is 0. The fourth-order valence-corrected chi connectivity index (χ4v) is 3.85. The van der Waals surface area contributed by atoms with Crippen LogP contribution in [0.5, 0.6) is 0 Å². The zero-order valence-corrected chi connectivity index (χ0v) is 19.4. The lowest BCUT2D eigenvalue weighted by Crippen LogP contribution is -2.00. The first kappa shape index (κ1) is 24.3. The SMILES string of the molecule is CCC(C)CCCc1cc(CCCC(C)CC)cc(CCCC(C)CC)c1. The van der Waals surface area contributed by atoms with Gasteiger partial charge in [-0.2, -0.15) is 0 Å². The fraction of sp³-hybridized carbons (Fsp3) is 0.778. The van der Waals surface area contributed by atoms with E-state index >= 15 is 0 Å². The van der Waals surface area contributed by atoms with E-state index in [2.05, 4.69) is 59.7 Å². The van der Waals surface area contributed by atoms with Crippen molar-refractivity contribution in [2.24, 2.45) is 17.8 Å². The van der Waals surface area contributed by atoms with Crippen LogP contribution in [0, 0.1) is 17.8 Å². The molecule has 1 rings (SSSR count). The topological polar surface area (TPSA) is 0 Å². The Bertz CT molecular complexity index is 403. The van der Waals surface area contributed by atoms with Gasteiger partial charge in [-0.1, -0.05) is 98.3 Å². The smallest absolute Gasteiger partial charge is 0.0279 e. The zero-order chi connectivity index (χ0) is 20.1. The van der Waals surface area contributed by atoms with E-state index in [1.165, 1.54) is 77.0 Å². The second kappa shape index (κ2) is 14.3. The first-order valence-electron chi connectivity index (χ1n) is 12.1. The second-order valence-corrected chi connectivity index (χ2v) is 9.37. The molecule has 0 saturated heterocycles. The normalized spacial score (nSPS) is 14.9. The predicted octanol–water partition coefficient (Wildman–Crippen LogP) is 8.79. The van der Waals surface area contributed by atoms with Crippen LogP contribution in [0.25, 0.3) is 0 Å². The average molecular weight is 373 g/mol. The van der Waals surface area contributed by atoms with Crippen LogP contribution < -0.4 is 0 Å². The zero-order valence-electron chi connectivity index (χ0n) is 19.4. The lowest BCUT2D eigenvalue weighted by molar-refractivity contribution is 0.492. The van der Waals surface area contributed by atoms with Gasteiger partial charge in [0.2, 0.25) is 0 Å². The fourth-order valence-electron chi connectivity index (χ4n) is 3.85. The molecule has 0 spiro atoms. The summed E-state index contributed by atoms with van der Waals surface area (Å²) in [5, 5.41) is 0. The van der Waals surface area contributed by atoms with Crippen molar-refractivity contribution in [1.29, 1.82) is 0 Å². The first-order chi connectivity index (χ1) is 13.0. The molecule has 0 aliphatic rings. The number of rotatable bonds is 15. The van der Waals surface area contributed by atoms with E-state index in [-0.39, 0.29) is 0 Å². The molecule has 0 aromatic heterocycles. The minimum atomic E-state index is 0.874. The van der Waals surface area contributed by atoms with Crippen LogP contribution in [0.3, 0.4) is 0 Å². The standard InChI is InChI=1S/C27H48/c1-7-22(4)13-10-16-25-19-26(17-11-14-23(5)8-2)21-27(20-25)18-12-15-24(6)9-3/h19-24H,7-18H2,1-6H3. The van der Waals surface area contributed by atoms with Gasteiger partial charge in [0.15, 0.2) is 0 Å². The van der Waals surface area contributed by atoms with Gasteiger partial charge in [-0.25, -0.2) is 0 Å². The molecule has 0 N–H and O–H groups in total. The van der Waals surface area contributed by atoms with Crippen molar-refractivity contribution in [1.82, 2.24) is 0 Å². The summed E-state index contributed by atoms with van der Waals surface area (Å²) < 4.78 is 0. The molecule has 0 saturated carbocycles. The maximum atomic E-state index is 2.52. The third-order valence-electron chi connectivity index (χ3n) is 6.69. The van der Waals surface area contributed by atoms with Gasteiger partial charge in [0.05, 0.1) is 0 Å². The van der Waals surface area contributed by atoms with Crippen molar-refractivity contribution in [3.8, 4) is 0 Å². The molecule has 0 radical (unpaired) electrons. The summed E-state index contributed by atoms with van der Waals surface area (Å²) in [5.74, 6) is 2.62. The maximum absolute atomic E-state index is 2.52. The van der Waals surface area contributed by atoms with Crippen LogP contribution in [0.2, 0.25) is 0 Å². The molecular formula is C27H48. The number of benzene rings is 1. The number of hydrogen-bond donors (Lipinski definition) is 0. The third-order valence-corrected chi connectivity index (χ3v) is 6.69. The molecule has 0 fully saturated rings. The molecule has 27 heavy (non-hydrogen) atoms. The van der Waals surface area contributed by atoms with Crippen molar-refractivity contribution in [2.45, 2.75) is 119 Å². The van der Waals surface area contributed by atoms with E-state index in [9.17, 15) is 0 Å². The summed E-state index contributed by atoms with van der Waals surface area (Å²) in [6.07, 6.45) is 15.9. The highest BCUT2D eigenvalue weighted by Gasteiger charge is 2.06. The molecule has 1 aromatic rings. The second-order valence-electron chi connectivity index (χ2n) is 9.37. The Labute approximate surface area is 171 Å². The van der Waals surface area contributed by atoms with Crippen LogP contribution in [0.15, 0.2) is 18.2 Å². The Balaban J connectivity index is 2.68. The lowest BCUT2D eigenvalue weighted by Gasteiger charge is -2.13. The Morgan fingerprint density at radius 2 is 0.778 bits per heavy atom. The van der Waals surface area contributed by atoms with Gasteiger partial charge in [-0.3, -0.25) is 0 Å². The van der Waals surface area contributed by atoms with Crippen LogP contribution >= 0.6 is 0 Å². The van der Waals surface area contributed by atoms with E-state index in [0.29, 0.717) is 0 Å². The number of hydrogen-bond acceptors (Lipinski definition) is 0. The van der Waals surface area contributed by atoms with Gasteiger partial charge in [0, 0.05) is 0 Å². The van der Waals surface area contributed by atoms with E-state index in [1.54, 1.807) is 16.7 Å². The van der Waals surface area contributed by atoms with Gasteiger partial charge in [0.1, 0.15) is 0 Å². The summed E-state index contributed by atoms with van der Waals surface area (Å²) in [7, 11) is 0. The summed E-state index contributed by atoms with van der Waals surface area (Å²) in [5.41, 5.74) is 4.79. The van der Waals surface area contributed by atoms with Gasteiger partial charge >= 0.3 is 0 Å². The van der Waals surface area contributed by atoms with Crippen LogP contribution in [-0.2, 0) is 19.3 Å². The molecule has 0 aliphatic carbocycles. The van der Waals surface area contributed by atoms with Gasteiger partial charge < -0.3 is 0 Å². The minimum absolute atomic E-state index is 0.874. The highest BCUT2D eigenvalue weighted by Crippen LogP contribution is 2.21. The van der Waals surface area contributed by atoms with Crippen LogP contribution in [0.4, 0.5) is 0 Å². The Kier molecular flexibility index (Phi) is 12.8. The highest BCUT2D eigenvalue weighted by molar-refractivity contribution is 5.30. The van der Waals surface area contributed by atoms with E-state index in [1.807, 2.05) is 0 Å². The quantitative estimate of drug-likeness (QED) is 0.288. The van der Waals surface area contributed by atoms with Gasteiger partial charge in [-0.15, -0.1) is 0 Å². The molecule has 0 amide bonds. The van der Waals surface area contributed by atoms with Crippen molar-refractivity contribution in [3.05, 3.63) is 34.9 Å². The van der Waals surface area contributed by atoms with Gasteiger partial charge in [0.25, 0.3) is 0 Å². The molecule has 3 unspecified atom stereocenters. The average Bonchev–Trinajstić information content (AvgIpc) is 2.67. The van der Waals surface area contributed by atoms with Crippen molar-refractivity contribution < 1.29 is 0 Å². The molecule has 0 bridgehead atoms. The Morgan fingerprint density at radius 1 is 0.519 bits per heavy atom. The predicted molar refractivity (Wildman–Crippen MR) is 124 cm³/mol. The van der Waals surface area contributed by atoms with E-state index in [4.69, 9.17) is 0 Å². The molecule has 1 aromatic carbocycles. The van der Waals surface area contributed by atoms with Crippen molar-refractivity contribution >= 4 is 0 Å². The molecule has 0 heterocycles. The maximum Gasteiger partial charge on any atom is -0.0279 e. The molecule has 0 heteroatoms. The minimum Gasteiger partial charge on any atom is -0.0651 e.